The van der Waals surface area contributed by atoms with E-state index in [1.807, 2.05) is 24.3 Å². The van der Waals surface area contributed by atoms with Crippen molar-refractivity contribution in [3.05, 3.63) is 53.6 Å². The lowest BCUT2D eigenvalue weighted by atomic mass is 10.1. The summed E-state index contributed by atoms with van der Waals surface area (Å²) in [7, 11) is 10.9. The summed E-state index contributed by atoms with van der Waals surface area (Å²) in [4.78, 5) is 6.51. The summed E-state index contributed by atoms with van der Waals surface area (Å²) < 4.78 is 16.0. The highest BCUT2D eigenvalue weighted by atomic mass is 127. The standard InChI is InChI=1S/C23H34N4O3.HI/c1-24-23(25-14-13-17-7-10-19(28-4)11-8-17)26-16-20(27(2)3)18-9-12-21(29-5)22(15-18)30-6;/h7-12,15,20H,13-14,16H2,1-6H3,(H2,24,25,26);1H. The first-order valence-corrected chi connectivity index (χ1v) is 9.98. The van der Waals surface area contributed by atoms with Crippen LogP contribution in [0.15, 0.2) is 47.5 Å². The molecule has 0 amide bonds. The van der Waals surface area contributed by atoms with E-state index in [9.17, 15) is 0 Å². The summed E-state index contributed by atoms with van der Waals surface area (Å²) >= 11 is 0. The van der Waals surface area contributed by atoms with Gasteiger partial charge in [-0.25, -0.2) is 0 Å². The quantitative estimate of drug-likeness (QED) is 0.273. The van der Waals surface area contributed by atoms with Gasteiger partial charge in [0.1, 0.15) is 5.75 Å². The van der Waals surface area contributed by atoms with Crippen LogP contribution in [-0.2, 0) is 6.42 Å². The van der Waals surface area contributed by atoms with Crippen molar-refractivity contribution in [3.63, 3.8) is 0 Å². The molecule has 0 heterocycles. The van der Waals surface area contributed by atoms with Gasteiger partial charge in [0.2, 0.25) is 0 Å². The summed E-state index contributed by atoms with van der Waals surface area (Å²) in [5.74, 6) is 3.09. The summed E-state index contributed by atoms with van der Waals surface area (Å²) in [5, 5.41) is 6.80. The number of halogens is 1. The normalized spacial score (nSPS) is 12.0. The Labute approximate surface area is 203 Å². The maximum atomic E-state index is 5.46. The minimum atomic E-state index is 0. The van der Waals surface area contributed by atoms with Gasteiger partial charge in [0.25, 0.3) is 0 Å². The second-order valence-corrected chi connectivity index (χ2v) is 7.07. The first kappa shape index (κ1) is 26.8. The number of likely N-dealkylation sites (N-methyl/N-ethyl adjacent to an activating group) is 1. The third kappa shape index (κ3) is 8.10. The number of guanidine groups is 1. The maximum absolute atomic E-state index is 5.46. The highest BCUT2D eigenvalue weighted by Gasteiger charge is 2.17. The second-order valence-electron chi connectivity index (χ2n) is 7.07. The molecular formula is C23H35IN4O3. The zero-order valence-corrected chi connectivity index (χ0v) is 21.6. The van der Waals surface area contributed by atoms with Crippen LogP contribution >= 0.6 is 24.0 Å². The van der Waals surface area contributed by atoms with Crippen molar-refractivity contribution >= 4 is 29.9 Å². The Balaban J connectivity index is 0.00000480. The molecule has 2 aromatic rings. The van der Waals surface area contributed by atoms with Crippen molar-refractivity contribution in [2.45, 2.75) is 12.5 Å². The number of aliphatic imine (C=N–C) groups is 1. The molecule has 7 nitrogen and oxygen atoms in total. The number of methoxy groups -OCH3 is 3. The number of hydrogen-bond acceptors (Lipinski definition) is 5. The van der Waals surface area contributed by atoms with Crippen molar-refractivity contribution in [1.29, 1.82) is 0 Å². The van der Waals surface area contributed by atoms with Gasteiger partial charge in [0.05, 0.1) is 27.4 Å². The Kier molecular flexibility index (Phi) is 12.1. The van der Waals surface area contributed by atoms with Crippen molar-refractivity contribution in [3.8, 4) is 17.2 Å². The first-order valence-electron chi connectivity index (χ1n) is 9.98. The Morgan fingerprint density at radius 2 is 1.61 bits per heavy atom. The molecule has 0 saturated heterocycles. The summed E-state index contributed by atoms with van der Waals surface area (Å²) in [5.41, 5.74) is 2.38. The molecule has 1 atom stereocenters. The van der Waals surface area contributed by atoms with E-state index in [1.54, 1.807) is 28.4 Å². The molecule has 0 aliphatic heterocycles. The summed E-state index contributed by atoms with van der Waals surface area (Å²) in [6, 6.07) is 14.3. The molecule has 0 fully saturated rings. The Hall–Kier alpha value is -2.20. The Morgan fingerprint density at radius 3 is 2.16 bits per heavy atom. The maximum Gasteiger partial charge on any atom is 0.191 e. The monoisotopic (exact) mass is 542 g/mol. The minimum absolute atomic E-state index is 0. The van der Waals surface area contributed by atoms with Crippen LogP contribution in [-0.4, -0.2) is 66.4 Å². The zero-order chi connectivity index (χ0) is 21.9. The van der Waals surface area contributed by atoms with Gasteiger partial charge < -0.3 is 29.7 Å². The molecule has 0 aliphatic rings. The van der Waals surface area contributed by atoms with Crippen LogP contribution < -0.4 is 24.8 Å². The van der Waals surface area contributed by atoms with E-state index < -0.39 is 0 Å². The van der Waals surface area contributed by atoms with Gasteiger partial charge in [-0.1, -0.05) is 18.2 Å². The highest BCUT2D eigenvalue weighted by Crippen LogP contribution is 2.31. The van der Waals surface area contributed by atoms with Gasteiger partial charge in [0, 0.05) is 20.1 Å². The molecule has 8 heteroatoms. The number of rotatable bonds is 10. The third-order valence-electron chi connectivity index (χ3n) is 4.97. The molecule has 0 aliphatic carbocycles. The SMILES string of the molecule is CN=C(NCCc1ccc(OC)cc1)NCC(c1ccc(OC)c(OC)c1)N(C)C.I. The molecule has 2 aromatic carbocycles. The van der Waals surface area contributed by atoms with E-state index in [2.05, 4.69) is 52.8 Å². The smallest absolute Gasteiger partial charge is 0.191 e. The van der Waals surface area contributed by atoms with Crippen LogP contribution in [0.25, 0.3) is 0 Å². The van der Waals surface area contributed by atoms with Crippen molar-refractivity contribution in [2.24, 2.45) is 4.99 Å². The number of nitrogens with zero attached hydrogens (tertiary/aromatic N) is 2. The van der Waals surface area contributed by atoms with Crippen LogP contribution in [0.1, 0.15) is 17.2 Å². The lowest BCUT2D eigenvalue weighted by Crippen LogP contribution is -2.42. The van der Waals surface area contributed by atoms with Crippen LogP contribution in [0.4, 0.5) is 0 Å². The fraction of sp³-hybridized carbons (Fsp3) is 0.435. The van der Waals surface area contributed by atoms with Crippen molar-refractivity contribution in [2.75, 3.05) is 55.6 Å². The van der Waals surface area contributed by atoms with E-state index >= 15 is 0 Å². The van der Waals surface area contributed by atoms with E-state index in [0.717, 1.165) is 41.7 Å². The summed E-state index contributed by atoms with van der Waals surface area (Å²) in [6.45, 7) is 1.49. The molecule has 2 N–H and O–H groups in total. The van der Waals surface area contributed by atoms with Gasteiger partial charge in [-0.2, -0.15) is 0 Å². The first-order chi connectivity index (χ1) is 14.5. The van der Waals surface area contributed by atoms with Crippen molar-refractivity contribution in [1.82, 2.24) is 15.5 Å². The molecule has 0 spiro atoms. The van der Waals surface area contributed by atoms with Gasteiger partial charge in [0.15, 0.2) is 17.5 Å². The largest absolute Gasteiger partial charge is 0.497 e. The third-order valence-corrected chi connectivity index (χ3v) is 4.97. The fourth-order valence-corrected chi connectivity index (χ4v) is 3.19. The molecule has 1 unspecified atom stereocenters. The minimum Gasteiger partial charge on any atom is -0.497 e. The number of ether oxygens (including phenoxy) is 3. The predicted octanol–water partition coefficient (Wildman–Crippen LogP) is 3.34. The summed E-state index contributed by atoms with van der Waals surface area (Å²) in [6.07, 6.45) is 0.900. The predicted molar refractivity (Wildman–Crippen MR) is 137 cm³/mol. The van der Waals surface area contributed by atoms with E-state index in [4.69, 9.17) is 14.2 Å². The average Bonchev–Trinajstić information content (AvgIpc) is 2.77. The fourth-order valence-electron chi connectivity index (χ4n) is 3.19. The average molecular weight is 542 g/mol. The van der Waals surface area contributed by atoms with Gasteiger partial charge in [-0.3, -0.25) is 4.99 Å². The molecule has 0 bridgehead atoms. The molecule has 31 heavy (non-hydrogen) atoms. The molecule has 2 rings (SSSR count). The van der Waals surface area contributed by atoms with Gasteiger partial charge in [-0.05, 0) is 55.9 Å². The highest BCUT2D eigenvalue weighted by molar-refractivity contribution is 14.0. The molecular weight excluding hydrogens is 507 g/mol. The lowest BCUT2D eigenvalue weighted by Gasteiger charge is -2.26. The topological polar surface area (TPSA) is 67.4 Å². The van der Waals surface area contributed by atoms with E-state index in [0.29, 0.717) is 6.54 Å². The number of benzene rings is 2. The number of hydrogen-bond donors (Lipinski definition) is 2. The molecule has 0 saturated carbocycles. The molecule has 172 valence electrons. The van der Waals surface area contributed by atoms with Crippen LogP contribution in [0.5, 0.6) is 17.2 Å². The van der Waals surface area contributed by atoms with Crippen molar-refractivity contribution < 1.29 is 14.2 Å². The van der Waals surface area contributed by atoms with Gasteiger partial charge in [-0.15, -0.1) is 24.0 Å². The molecule has 0 radical (unpaired) electrons. The number of nitrogens with one attached hydrogen (secondary N) is 2. The van der Waals surface area contributed by atoms with Gasteiger partial charge >= 0.3 is 0 Å². The van der Waals surface area contributed by atoms with Crippen LogP contribution in [0.2, 0.25) is 0 Å². The zero-order valence-electron chi connectivity index (χ0n) is 19.3. The van der Waals surface area contributed by atoms with E-state index in [1.165, 1.54) is 5.56 Å². The van der Waals surface area contributed by atoms with E-state index in [-0.39, 0.29) is 30.0 Å². The second kappa shape index (κ2) is 14.0. The van der Waals surface area contributed by atoms with Crippen LogP contribution in [0, 0.1) is 0 Å². The Bertz CT molecular complexity index is 813. The van der Waals surface area contributed by atoms with Crippen LogP contribution in [0.3, 0.4) is 0 Å². The molecule has 0 aromatic heterocycles. The Morgan fingerprint density at radius 1 is 0.935 bits per heavy atom. The lowest BCUT2D eigenvalue weighted by molar-refractivity contribution is 0.295.